The number of aromatic hydroxyl groups is 6. The summed E-state index contributed by atoms with van der Waals surface area (Å²) in [6, 6.07) is 12.6. The van der Waals surface area contributed by atoms with Crippen molar-refractivity contribution < 1.29 is 138 Å². The van der Waals surface area contributed by atoms with Gasteiger partial charge in [-0.3, -0.25) is 0 Å². The molecule has 444 valence electrons. The number of hydrogen-bond acceptors (Lipinski definition) is 27. The van der Waals surface area contributed by atoms with Crippen molar-refractivity contribution >= 4 is 30.2 Å². The van der Waals surface area contributed by atoms with Crippen molar-refractivity contribution in [3.05, 3.63) is 101 Å². The van der Waals surface area contributed by atoms with Gasteiger partial charge < -0.3 is 128 Å². The number of rotatable bonds is 19. The van der Waals surface area contributed by atoms with E-state index in [1.165, 1.54) is 82.0 Å². The summed E-state index contributed by atoms with van der Waals surface area (Å²) in [5, 5.41) is 151. The number of esters is 2. The Bertz CT molecular complexity index is 2970. The number of aliphatic hydroxyl groups excluding tert-OH is 9. The molecular formula is C54H61O28+. The van der Waals surface area contributed by atoms with Gasteiger partial charge in [-0.05, 0) is 65.7 Å². The zero-order valence-electron chi connectivity index (χ0n) is 43.5. The second-order valence-corrected chi connectivity index (χ2v) is 18.9. The van der Waals surface area contributed by atoms with E-state index >= 15 is 0 Å². The molecule has 4 aliphatic rings. The number of ether oxygens (including phenoxy) is 12. The molecule has 28 heteroatoms. The van der Waals surface area contributed by atoms with E-state index in [1.54, 1.807) is 0 Å². The summed E-state index contributed by atoms with van der Waals surface area (Å²) in [6.45, 7) is -2.60. The Morgan fingerprint density at radius 3 is 1.80 bits per heavy atom. The number of carbonyl (C=O) groups is 2. The standard InChI is InChI=1S/C54H60O28/c1-71-32-12-22(4-8-28(32)59)5-10-39(61)74-21-38-44(66)47(69)51(82-54-50(46(68)43(65)37(20-56)79-54)81-40(62)11-6-23-13-33(72-2)41(63)34(14-23)73-3)53(80-38)77-35-18-26-30(75-49(35)24-7-9-27(58)29(60)15-24)16-25(57)17-31(26)76-52-48(70)45(67)42(64)36(19-55)78-52/h4-18,36-38,42-60,63-70H,19-21H2,1-3H3/p+1/b10-5+,11-6+/t36-,37+,38+,42+,43+,44+,45-,46-,47-,48+,49?,50+,51+,52+,53+,54-/m0/s1. The van der Waals surface area contributed by atoms with E-state index in [-0.39, 0.29) is 62.7 Å². The molecule has 0 saturated carbocycles. The van der Waals surface area contributed by atoms with Gasteiger partial charge >= 0.3 is 11.9 Å². The van der Waals surface area contributed by atoms with Gasteiger partial charge in [0.25, 0.3) is 11.9 Å². The topological polar surface area (TPSA) is 432 Å². The molecule has 3 fully saturated rings. The third-order valence-electron chi connectivity index (χ3n) is 13.5. The predicted octanol–water partition coefficient (Wildman–Crippen LogP) is -1.07. The normalized spacial score (nSPS) is 29.9. The van der Waals surface area contributed by atoms with Crippen LogP contribution in [0.2, 0.25) is 0 Å². The van der Waals surface area contributed by atoms with Gasteiger partial charge in [0.05, 0.1) is 46.2 Å². The maximum atomic E-state index is 13.5. The Morgan fingerprint density at radius 2 is 1.15 bits per heavy atom. The Hall–Kier alpha value is -7.68. The summed E-state index contributed by atoms with van der Waals surface area (Å²) in [5.74, 6) is -5.04. The average Bonchev–Trinajstić information content (AvgIpc) is 3.62. The zero-order valence-corrected chi connectivity index (χ0v) is 43.5. The second-order valence-electron chi connectivity index (χ2n) is 18.9. The summed E-state index contributed by atoms with van der Waals surface area (Å²) in [5.41, 5.74) is 0.658. The van der Waals surface area contributed by atoms with Crippen molar-refractivity contribution in [3.63, 3.8) is 0 Å². The highest BCUT2D eigenvalue weighted by Crippen LogP contribution is 2.48. The van der Waals surface area contributed by atoms with E-state index in [2.05, 4.69) is 0 Å². The second kappa shape index (κ2) is 26.1. The number of phenolic OH excluding ortho intramolecular Hbond substituents is 5. The Kier molecular flexibility index (Phi) is 19.2. The van der Waals surface area contributed by atoms with E-state index < -0.39 is 147 Å². The van der Waals surface area contributed by atoms with Crippen LogP contribution in [0, 0.1) is 0 Å². The van der Waals surface area contributed by atoms with Crippen molar-refractivity contribution in [2.75, 3.05) is 41.2 Å². The number of fused-ring (bicyclic) bond motifs is 1. The van der Waals surface area contributed by atoms with Crippen LogP contribution < -0.4 is 18.9 Å². The monoisotopic (exact) mass is 1160 g/mol. The average molecular weight is 1160 g/mol. The first-order chi connectivity index (χ1) is 39.2. The minimum atomic E-state index is -2.19. The molecule has 28 nitrogen and oxygen atoms in total. The van der Waals surface area contributed by atoms with Gasteiger partial charge in [-0.1, -0.05) is 6.07 Å². The summed E-state index contributed by atoms with van der Waals surface area (Å²) in [4.78, 5) is 26.7. The Labute approximate surface area is 464 Å². The zero-order chi connectivity index (χ0) is 59.3. The van der Waals surface area contributed by atoms with Crippen LogP contribution in [0.15, 0.2) is 78.6 Å². The van der Waals surface area contributed by atoms with Crippen molar-refractivity contribution in [1.82, 2.24) is 0 Å². The molecule has 0 spiro atoms. The number of aliphatic hydroxyl groups is 10. The number of carbonyl (C=O) groups excluding carboxylic acids is 2. The van der Waals surface area contributed by atoms with Crippen molar-refractivity contribution in [2.24, 2.45) is 0 Å². The maximum absolute atomic E-state index is 13.5. The maximum Gasteiger partial charge on any atom is 0.331 e. The third kappa shape index (κ3) is 13.1. The molecule has 4 heterocycles. The molecule has 0 aliphatic carbocycles. The van der Waals surface area contributed by atoms with Crippen LogP contribution in [-0.2, 0) is 42.7 Å². The Balaban J connectivity index is 1.16. The minimum absolute atomic E-state index is 0.0258. The third-order valence-corrected chi connectivity index (χ3v) is 13.5. The van der Waals surface area contributed by atoms with Gasteiger partial charge in [0.2, 0.25) is 18.3 Å². The van der Waals surface area contributed by atoms with Gasteiger partial charge in [-0.25, -0.2) is 9.59 Å². The first-order valence-corrected chi connectivity index (χ1v) is 25.0. The van der Waals surface area contributed by atoms with E-state index in [4.69, 9.17) is 56.8 Å². The van der Waals surface area contributed by atoms with Gasteiger partial charge in [-0.2, -0.15) is 0 Å². The van der Waals surface area contributed by atoms with E-state index in [1.807, 2.05) is 0 Å². The van der Waals surface area contributed by atoms with Crippen LogP contribution in [0.25, 0.3) is 18.2 Å². The van der Waals surface area contributed by atoms with E-state index in [0.29, 0.717) is 5.56 Å². The molecule has 82 heavy (non-hydrogen) atoms. The molecule has 4 aliphatic heterocycles. The van der Waals surface area contributed by atoms with Crippen molar-refractivity contribution in [2.45, 2.75) is 98.2 Å². The largest absolute Gasteiger partial charge is 0.571 e. The molecule has 3 saturated heterocycles. The van der Waals surface area contributed by atoms with Crippen LogP contribution in [0.1, 0.15) is 28.4 Å². The molecule has 15 N–H and O–H groups in total. The lowest BCUT2D eigenvalue weighted by Gasteiger charge is -2.46. The fraction of sp³-hybridized carbons (Fsp3) is 0.407. The van der Waals surface area contributed by atoms with E-state index in [9.17, 15) is 81.1 Å². The van der Waals surface area contributed by atoms with Crippen LogP contribution in [-0.4, -0.2) is 221 Å². The lowest BCUT2D eigenvalue weighted by molar-refractivity contribution is -0.364. The fourth-order valence-electron chi connectivity index (χ4n) is 9.09. The molecule has 0 bridgehead atoms. The molecule has 0 aromatic heterocycles. The molecule has 4 aromatic carbocycles. The van der Waals surface area contributed by atoms with Gasteiger partial charge in [0.15, 0.2) is 58.8 Å². The minimum Gasteiger partial charge on any atom is -0.571 e. The lowest BCUT2D eigenvalue weighted by atomic mass is 9.96. The van der Waals surface area contributed by atoms with Gasteiger partial charge in [0.1, 0.15) is 84.7 Å². The summed E-state index contributed by atoms with van der Waals surface area (Å²) in [7, 11) is 3.87. The summed E-state index contributed by atoms with van der Waals surface area (Å²) >= 11 is 0. The molecule has 16 atom stereocenters. The highest BCUT2D eigenvalue weighted by atomic mass is 16.8. The Morgan fingerprint density at radius 1 is 0.561 bits per heavy atom. The molecule has 0 radical (unpaired) electrons. The number of benzene rings is 4. The van der Waals surface area contributed by atoms with Crippen LogP contribution >= 0.6 is 0 Å². The molecular weight excluding hydrogens is 1100 g/mol. The quantitative estimate of drug-likeness (QED) is 0.0230. The highest BCUT2D eigenvalue weighted by molar-refractivity contribution is 5.88. The molecule has 4 aromatic rings. The van der Waals surface area contributed by atoms with E-state index in [0.717, 1.165) is 30.4 Å². The molecule has 8 rings (SSSR count). The number of phenols is 5. The van der Waals surface area contributed by atoms with Gasteiger partial charge in [-0.15, -0.1) is 0 Å². The highest BCUT2D eigenvalue weighted by Gasteiger charge is 2.54. The first-order valence-electron chi connectivity index (χ1n) is 25.0. The van der Waals surface area contributed by atoms with Crippen molar-refractivity contribution in [1.29, 1.82) is 0 Å². The summed E-state index contributed by atoms with van der Waals surface area (Å²) in [6.07, 6.45) is -24.5. The van der Waals surface area contributed by atoms with Crippen LogP contribution in [0.4, 0.5) is 0 Å². The lowest BCUT2D eigenvalue weighted by Crippen LogP contribution is -2.65. The fourth-order valence-corrected chi connectivity index (χ4v) is 9.09. The molecule has 1 unspecified atom stereocenters. The van der Waals surface area contributed by atoms with Crippen LogP contribution in [0.3, 0.4) is 0 Å². The van der Waals surface area contributed by atoms with Crippen molar-refractivity contribution in [3.8, 4) is 57.5 Å². The molecule has 0 amide bonds. The predicted molar refractivity (Wildman–Crippen MR) is 274 cm³/mol. The number of methoxy groups -OCH3 is 3. The smallest absolute Gasteiger partial charge is 0.331 e. The SMILES string of the molecule is COc1cc(/C=C/C(=O)OC[C@H]2O[C@@H](OC3=Cc4c(O[C@@H]5O[C@@H](CO)[C@@H](O)[C@H](O)[C@H]5O)cc(O)cc4[OH+]C3c3ccc(O)c(O)c3)[C@H](O[C@@H]3O[C@H](CO)[C@@H](O)[C@H](O)[C@H]3OC(=O)/C=C/c3cc(OC)c(O)c(OC)c3)[C@@H](O)[C@@H]2O)ccc1O. The van der Waals surface area contributed by atoms with Crippen LogP contribution in [0.5, 0.6) is 57.5 Å². The summed E-state index contributed by atoms with van der Waals surface area (Å²) < 4.78 is 67.5. The van der Waals surface area contributed by atoms with Gasteiger partial charge in [0, 0.05) is 24.3 Å². The first kappa shape index (κ1) is 60.4. The number of hydrogen-bond donors (Lipinski definition) is 14.